The van der Waals surface area contributed by atoms with Gasteiger partial charge in [-0.2, -0.15) is 0 Å². The van der Waals surface area contributed by atoms with E-state index in [4.69, 9.17) is 10.8 Å². The number of urea groups is 1. The van der Waals surface area contributed by atoms with E-state index < -0.39 is 17.5 Å². The molecule has 0 saturated heterocycles. The van der Waals surface area contributed by atoms with Crippen molar-refractivity contribution in [2.45, 2.75) is 12.5 Å². The first-order valence-electron chi connectivity index (χ1n) is 2.69. The van der Waals surface area contributed by atoms with Crippen LogP contribution in [0.15, 0.2) is 0 Å². The molecule has 4 N–H and O–H groups in total. The van der Waals surface area contributed by atoms with Gasteiger partial charge < -0.3 is 16.2 Å². The Morgan fingerprint density at radius 2 is 2.18 bits per heavy atom. The number of thiocarbonyl (C=S) groups is 1. The molecule has 62 valence electrons. The lowest BCUT2D eigenvalue weighted by Crippen LogP contribution is -2.54. The number of hydrogen-bond donors (Lipinski definition) is 3. The Labute approximate surface area is 68.6 Å². The Morgan fingerprint density at radius 3 is 2.27 bits per heavy atom. The molecule has 0 aromatic carbocycles. The standard InChI is InChI=1S/C5H8N2O3S/c1-5(2-11,3(8)9)7-4(6)10/h2H,1H3,(H,8,9)(H3,6,7,10). The quantitative estimate of drug-likeness (QED) is 0.505. The summed E-state index contributed by atoms with van der Waals surface area (Å²) in [7, 11) is 0. The molecule has 0 heterocycles. The van der Waals surface area contributed by atoms with Crippen molar-refractivity contribution < 1.29 is 14.7 Å². The average Bonchev–Trinajstić information content (AvgIpc) is 1.86. The van der Waals surface area contributed by atoms with E-state index in [1.807, 2.05) is 5.32 Å². The number of carbonyl (C=O) groups excluding carboxylic acids is 1. The maximum absolute atomic E-state index is 10.4. The van der Waals surface area contributed by atoms with Crippen LogP contribution in [0.2, 0.25) is 0 Å². The summed E-state index contributed by atoms with van der Waals surface area (Å²) in [5.74, 6) is -1.24. The van der Waals surface area contributed by atoms with E-state index in [0.29, 0.717) is 0 Å². The van der Waals surface area contributed by atoms with Crippen molar-refractivity contribution >= 4 is 29.6 Å². The smallest absolute Gasteiger partial charge is 0.334 e. The summed E-state index contributed by atoms with van der Waals surface area (Å²) in [6.07, 6.45) is 0. The molecule has 0 aliphatic rings. The highest BCUT2D eigenvalue weighted by molar-refractivity contribution is 7.79. The minimum absolute atomic E-state index is 0.920. The van der Waals surface area contributed by atoms with Gasteiger partial charge in [-0.25, -0.2) is 9.59 Å². The van der Waals surface area contributed by atoms with Crippen LogP contribution in [-0.2, 0) is 4.79 Å². The number of hydrogen-bond acceptors (Lipinski definition) is 3. The third kappa shape index (κ3) is 2.50. The molecule has 6 heteroatoms. The Bertz CT molecular complexity index is 206. The number of aliphatic carboxylic acids is 1. The van der Waals surface area contributed by atoms with Crippen molar-refractivity contribution in [2.24, 2.45) is 5.73 Å². The number of carboxylic acids is 1. The van der Waals surface area contributed by atoms with Crippen LogP contribution in [0.3, 0.4) is 0 Å². The van der Waals surface area contributed by atoms with Gasteiger partial charge in [0, 0.05) is 5.37 Å². The first-order chi connectivity index (χ1) is 4.92. The molecule has 11 heavy (non-hydrogen) atoms. The predicted molar refractivity (Wildman–Crippen MR) is 42.4 cm³/mol. The Kier molecular flexibility index (Phi) is 2.94. The van der Waals surface area contributed by atoms with Gasteiger partial charge in [0.2, 0.25) is 0 Å². The van der Waals surface area contributed by atoms with E-state index >= 15 is 0 Å². The van der Waals surface area contributed by atoms with Gasteiger partial charge in [0.1, 0.15) is 0 Å². The van der Waals surface area contributed by atoms with Crippen molar-refractivity contribution in [1.29, 1.82) is 0 Å². The van der Waals surface area contributed by atoms with Crippen molar-refractivity contribution in [1.82, 2.24) is 5.32 Å². The third-order valence-electron chi connectivity index (χ3n) is 1.06. The molecular weight excluding hydrogens is 168 g/mol. The van der Waals surface area contributed by atoms with Crippen LogP contribution < -0.4 is 11.1 Å². The fourth-order valence-corrected chi connectivity index (χ4v) is 0.549. The Hall–Kier alpha value is -1.17. The van der Waals surface area contributed by atoms with E-state index in [9.17, 15) is 9.59 Å². The maximum Gasteiger partial charge on any atom is 0.334 e. The number of amides is 2. The zero-order chi connectivity index (χ0) is 9.07. The molecule has 1 atom stereocenters. The molecule has 5 nitrogen and oxygen atoms in total. The van der Waals surface area contributed by atoms with Crippen molar-refractivity contribution in [2.75, 3.05) is 0 Å². The number of carbonyl (C=O) groups is 2. The second-order valence-electron chi connectivity index (χ2n) is 2.11. The molecule has 0 aromatic heterocycles. The van der Waals surface area contributed by atoms with Crippen LogP contribution in [0.1, 0.15) is 6.92 Å². The van der Waals surface area contributed by atoms with E-state index in [1.54, 1.807) is 0 Å². The molecule has 0 aliphatic carbocycles. The Morgan fingerprint density at radius 1 is 1.73 bits per heavy atom. The molecule has 0 saturated carbocycles. The van der Waals surface area contributed by atoms with Crippen molar-refractivity contribution in [3.8, 4) is 0 Å². The van der Waals surface area contributed by atoms with Crippen LogP contribution in [0.25, 0.3) is 0 Å². The van der Waals surface area contributed by atoms with Gasteiger partial charge in [-0.3, -0.25) is 0 Å². The normalized spacial score (nSPS) is 14.6. The first kappa shape index (κ1) is 9.83. The summed E-state index contributed by atoms with van der Waals surface area (Å²) in [4.78, 5) is 20.7. The van der Waals surface area contributed by atoms with Gasteiger partial charge in [-0.05, 0) is 6.92 Å². The van der Waals surface area contributed by atoms with E-state index in [1.165, 1.54) is 6.92 Å². The van der Waals surface area contributed by atoms with Crippen molar-refractivity contribution in [3.05, 3.63) is 0 Å². The van der Waals surface area contributed by atoms with Gasteiger partial charge in [-0.1, -0.05) is 12.2 Å². The zero-order valence-electron chi connectivity index (χ0n) is 5.83. The summed E-state index contributed by atoms with van der Waals surface area (Å²) in [6, 6.07) is -0.920. The lowest BCUT2D eigenvalue weighted by atomic mass is 10.1. The highest BCUT2D eigenvalue weighted by Crippen LogP contribution is 1.99. The Balaban J connectivity index is 4.47. The van der Waals surface area contributed by atoms with Gasteiger partial charge in [0.05, 0.1) is 0 Å². The number of primary amides is 1. The molecular formula is C5H8N2O3S. The molecule has 0 fully saturated rings. The summed E-state index contributed by atoms with van der Waals surface area (Å²) in [6.45, 7) is 1.24. The molecule has 0 aliphatic heterocycles. The SMILES string of the molecule is CC(C=S)(NC(N)=O)C(=O)O. The van der Waals surface area contributed by atoms with Crippen molar-refractivity contribution in [3.63, 3.8) is 0 Å². The van der Waals surface area contributed by atoms with Gasteiger partial charge in [0.25, 0.3) is 0 Å². The monoisotopic (exact) mass is 176 g/mol. The molecule has 1 unspecified atom stereocenters. The minimum Gasteiger partial charge on any atom is -0.479 e. The number of nitrogens with two attached hydrogens (primary N) is 1. The largest absolute Gasteiger partial charge is 0.479 e. The summed E-state index contributed by atoms with van der Waals surface area (Å²) in [5, 5.41) is 11.4. The van der Waals surface area contributed by atoms with E-state index in [-0.39, 0.29) is 0 Å². The molecule has 0 aromatic rings. The third-order valence-corrected chi connectivity index (χ3v) is 1.53. The van der Waals surface area contributed by atoms with Gasteiger partial charge >= 0.3 is 12.0 Å². The molecule has 0 bridgehead atoms. The molecule has 0 spiro atoms. The highest BCUT2D eigenvalue weighted by Gasteiger charge is 2.31. The fourth-order valence-electron chi connectivity index (χ4n) is 0.389. The predicted octanol–water partition coefficient (Wildman–Crippen LogP) is -0.502. The van der Waals surface area contributed by atoms with Gasteiger partial charge in [0.15, 0.2) is 5.54 Å². The highest BCUT2D eigenvalue weighted by atomic mass is 32.1. The molecule has 2 amide bonds. The second kappa shape index (κ2) is 3.29. The molecule has 0 rings (SSSR count). The number of rotatable bonds is 3. The summed E-state index contributed by atoms with van der Waals surface area (Å²) in [5.41, 5.74) is 3.16. The lowest BCUT2D eigenvalue weighted by Gasteiger charge is -2.18. The number of nitrogens with one attached hydrogen (secondary N) is 1. The maximum atomic E-state index is 10.4. The van der Waals surface area contributed by atoms with Crippen LogP contribution in [0.4, 0.5) is 4.79 Å². The lowest BCUT2D eigenvalue weighted by molar-refractivity contribution is -0.140. The minimum atomic E-state index is -1.55. The number of carboxylic acid groups (broad SMARTS) is 1. The average molecular weight is 176 g/mol. The van der Waals surface area contributed by atoms with Crippen LogP contribution >= 0.6 is 12.2 Å². The van der Waals surface area contributed by atoms with Crippen LogP contribution in [0.5, 0.6) is 0 Å². The van der Waals surface area contributed by atoms with E-state index in [0.717, 1.165) is 5.37 Å². The van der Waals surface area contributed by atoms with E-state index in [2.05, 4.69) is 12.2 Å². The van der Waals surface area contributed by atoms with Gasteiger partial charge in [-0.15, -0.1) is 0 Å². The summed E-state index contributed by atoms with van der Waals surface area (Å²) < 4.78 is 0. The fraction of sp³-hybridized carbons (Fsp3) is 0.400. The van der Waals surface area contributed by atoms with Crippen LogP contribution in [-0.4, -0.2) is 28.0 Å². The first-order valence-corrected chi connectivity index (χ1v) is 3.17. The molecule has 0 radical (unpaired) electrons. The van der Waals surface area contributed by atoms with Crippen LogP contribution in [0, 0.1) is 0 Å². The topological polar surface area (TPSA) is 92.4 Å². The summed E-state index contributed by atoms with van der Waals surface area (Å²) >= 11 is 4.41. The second-order valence-corrected chi connectivity index (χ2v) is 2.35. The zero-order valence-corrected chi connectivity index (χ0v) is 6.64.